The van der Waals surface area contributed by atoms with Gasteiger partial charge in [-0.15, -0.1) is 0 Å². The van der Waals surface area contributed by atoms with Crippen LogP contribution < -0.4 is 10.6 Å². The Kier molecular flexibility index (Phi) is 4.00. The van der Waals surface area contributed by atoms with Crippen molar-refractivity contribution in [3.63, 3.8) is 0 Å². The summed E-state index contributed by atoms with van der Waals surface area (Å²) in [5.41, 5.74) is 8.03. The maximum absolute atomic E-state index is 5.65. The van der Waals surface area contributed by atoms with E-state index in [0.717, 1.165) is 17.9 Å². The maximum atomic E-state index is 5.65. The fourth-order valence-corrected chi connectivity index (χ4v) is 2.74. The molecule has 0 aromatic carbocycles. The minimum absolute atomic E-state index is 0.575. The van der Waals surface area contributed by atoms with Gasteiger partial charge in [0.15, 0.2) is 0 Å². The molecule has 3 nitrogen and oxygen atoms in total. The highest BCUT2D eigenvalue weighted by Gasteiger charge is 2.23. The molecule has 17 heavy (non-hydrogen) atoms. The summed E-state index contributed by atoms with van der Waals surface area (Å²) in [6.07, 6.45) is 7.07. The zero-order valence-electron chi connectivity index (χ0n) is 10.9. The second kappa shape index (κ2) is 5.50. The summed E-state index contributed by atoms with van der Waals surface area (Å²) >= 11 is 0. The number of aromatic nitrogens is 1. The monoisotopic (exact) mass is 233 g/mol. The van der Waals surface area contributed by atoms with Gasteiger partial charge < -0.3 is 10.6 Å². The molecule has 1 aliphatic heterocycles. The number of nitrogens with zero attached hydrogens (tertiary/aromatic N) is 2. The molecule has 1 aliphatic rings. The Labute approximate surface area is 104 Å². The Hall–Kier alpha value is -1.09. The minimum atomic E-state index is 0.575. The normalized spacial score (nSPS) is 20.6. The third-order valence-electron chi connectivity index (χ3n) is 3.71. The minimum Gasteiger partial charge on any atom is -0.353 e. The van der Waals surface area contributed by atoms with Gasteiger partial charge in [-0.2, -0.15) is 0 Å². The molecule has 3 heteroatoms. The first-order valence-corrected chi connectivity index (χ1v) is 6.68. The van der Waals surface area contributed by atoms with E-state index in [4.69, 9.17) is 5.73 Å². The van der Waals surface area contributed by atoms with Crippen LogP contribution in [-0.4, -0.2) is 17.6 Å². The van der Waals surface area contributed by atoms with E-state index in [0.29, 0.717) is 12.6 Å². The average Bonchev–Trinajstić information content (AvgIpc) is 2.38. The third-order valence-corrected chi connectivity index (χ3v) is 3.71. The summed E-state index contributed by atoms with van der Waals surface area (Å²) in [5, 5.41) is 0. The molecular formula is C14H23N3. The van der Waals surface area contributed by atoms with Crippen LogP contribution in [-0.2, 0) is 6.54 Å². The number of anilines is 1. The molecule has 1 unspecified atom stereocenters. The predicted octanol–water partition coefficient (Wildman–Crippen LogP) is 2.62. The first-order valence-electron chi connectivity index (χ1n) is 6.68. The van der Waals surface area contributed by atoms with E-state index in [2.05, 4.69) is 29.8 Å². The molecule has 0 aliphatic carbocycles. The van der Waals surface area contributed by atoms with Crippen LogP contribution in [0.1, 0.15) is 43.7 Å². The number of nitrogens with two attached hydrogens (primary N) is 1. The smallest absolute Gasteiger partial charge is 0.131 e. The summed E-state index contributed by atoms with van der Waals surface area (Å²) in [6, 6.07) is 2.84. The van der Waals surface area contributed by atoms with Gasteiger partial charge in [-0.1, -0.05) is 6.92 Å². The van der Waals surface area contributed by atoms with Crippen molar-refractivity contribution >= 4 is 5.82 Å². The molecule has 0 bridgehead atoms. The van der Waals surface area contributed by atoms with Gasteiger partial charge in [-0.25, -0.2) is 4.98 Å². The maximum Gasteiger partial charge on any atom is 0.131 e. The fourth-order valence-electron chi connectivity index (χ4n) is 2.74. The molecule has 1 fully saturated rings. The fraction of sp³-hybridized carbons (Fsp3) is 0.643. The number of aryl methyl sites for hydroxylation is 1. The number of hydrogen-bond acceptors (Lipinski definition) is 3. The third kappa shape index (κ3) is 2.60. The first-order chi connectivity index (χ1) is 8.26. The molecule has 94 valence electrons. The molecule has 2 heterocycles. The van der Waals surface area contributed by atoms with E-state index in [-0.39, 0.29) is 0 Å². The van der Waals surface area contributed by atoms with Gasteiger partial charge in [0.1, 0.15) is 5.82 Å². The van der Waals surface area contributed by atoms with E-state index in [1.807, 2.05) is 6.20 Å². The quantitative estimate of drug-likeness (QED) is 0.872. The number of hydrogen-bond donors (Lipinski definition) is 1. The van der Waals surface area contributed by atoms with Gasteiger partial charge >= 0.3 is 0 Å². The lowest BCUT2D eigenvalue weighted by Gasteiger charge is -2.37. The van der Waals surface area contributed by atoms with Crippen LogP contribution in [0, 0.1) is 6.92 Å². The van der Waals surface area contributed by atoms with Crippen LogP contribution in [0.3, 0.4) is 0 Å². The Morgan fingerprint density at radius 3 is 2.94 bits per heavy atom. The summed E-state index contributed by atoms with van der Waals surface area (Å²) in [7, 11) is 0. The first kappa shape index (κ1) is 12.4. The van der Waals surface area contributed by atoms with Gasteiger partial charge in [0.05, 0.1) is 0 Å². The molecule has 1 aromatic heterocycles. The largest absolute Gasteiger partial charge is 0.353 e. The van der Waals surface area contributed by atoms with E-state index in [9.17, 15) is 0 Å². The Morgan fingerprint density at radius 2 is 2.29 bits per heavy atom. The van der Waals surface area contributed by atoms with Crippen molar-refractivity contribution < 1.29 is 0 Å². The summed E-state index contributed by atoms with van der Waals surface area (Å²) in [5.74, 6) is 1.16. The lowest BCUT2D eigenvalue weighted by molar-refractivity contribution is 0.446. The Bertz CT molecular complexity index is 376. The SMILES string of the molecule is CCC1CCCCN1c1ncc(CN)cc1C. The highest BCUT2D eigenvalue weighted by atomic mass is 15.2. The van der Waals surface area contributed by atoms with Crippen molar-refractivity contribution in [3.05, 3.63) is 23.4 Å². The van der Waals surface area contributed by atoms with Crippen molar-refractivity contribution in [2.24, 2.45) is 5.73 Å². The average molecular weight is 233 g/mol. The standard InChI is InChI=1S/C14H23N3/c1-3-13-6-4-5-7-17(13)14-11(2)8-12(9-15)10-16-14/h8,10,13H,3-7,9,15H2,1-2H3. The molecule has 0 radical (unpaired) electrons. The van der Waals surface area contributed by atoms with E-state index < -0.39 is 0 Å². The van der Waals surface area contributed by atoms with Gasteiger partial charge in [0.25, 0.3) is 0 Å². The number of pyridine rings is 1. The van der Waals surface area contributed by atoms with Crippen LogP contribution in [0.2, 0.25) is 0 Å². The van der Waals surface area contributed by atoms with Crippen molar-refractivity contribution in [2.75, 3.05) is 11.4 Å². The Balaban J connectivity index is 2.25. The van der Waals surface area contributed by atoms with Crippen LogP contribution in [0.5, 0.6) is 0 Å². The van der Waals surface area contributed by atoms with Gasteiger partial charge in [0.2, 0.25) is 0 Å². The number of piperidine rings is 1. The molecule has 0 amide bonds. The highest BCUT2D eigenvalue weighted by Crippen LogP contribution is 2.27. The summed E-state index contributed by atoms with van der Waals surface area (Å²) in [4.78, 5) is 7.10. The predicted molar refractivity (Wildman–Crippen MR) is 72.1 cm³/mol. The lowest BCUT2D eigenvalue weighted by atomic mass is 9.99. The van der Waals surface area contributed by atoms with E-state index in [1.165, 1.54) is 31.2 Å². The summed E-state index contributed by atoms with van der Waals surface area (Å²) < 4.78 is 0. The molecular weight excluding hydrogens is 210 g/mol. The zero-order valence-corrected chi connectivity index (χ0v) is 10.9. The zero-order chi connectivity index (χ0) is 12.3. The molecule has 1 saturated heterocycles. The van der Waals surface area contributed by atoms with Crippen LogP contribution in [0.25, 0.3) is 0 Å². The van der Waals surface area contributed by atoms with Crippen molar-refractivity contribution in [3.8, 4) is 0 Å². The Morgan fingerprint density at radius 1 is 1.47 bits per heavy atom. The lowest BCUT2D eigenvalue weighted by Crippen LogP contribution is -2.40. The van der Waals surface area contributed by atoms with Gasteiger partial charge in [-0.3, -0.25) is 0 Å². The second-order valence-electron chi connectivity index (χ2n) is 4.94. The molecule has 1 aromatic rings. The molecule has 2 rings (SSSR count). The van der Waals surface area contributed by atoms with Gasteiger partial charge in [-0.05, 0) is 49.8 Å². The molecule has 0 saturated carbocycles. The summed E-state index contributed by atoms with van der Waals surface area (Å²) in [6.45, 7) is 6.13. The van der Waals surface area contributed by atoms with E-state index >= 15 is 0 Å². The van der Waals surface area contributed by atoms with Crippen molar-refractivity contribution in [1.82, 2.24) is 4.98 Å². The second-order valence-corrected chi connectivity index (χ2v) is 4.94. The molecule has 0 spiro atoms. The van der Waals surface area contributed by atoms with Crippen LogP contribution >= 0.6 is 0 Å². The van der Waals surface area contributed by atoms with Crippen LogP contribution in [0.4, 0.5) is 5.82 Å². The van der Waals surface area contributed by atoms with Crippen molar-refractivity contribution in [1.29, 1.82) is 0 Å². The van der Waals surface area contributed by atoms with Gasteiger partial charge in [0, 0.05) is 25.3 Å². The van der Waals surface area contributed by atoms with Crippen molar-refractivity contribution in [2.45, 2.75) is 52.1 Å². The molecule has 1 atom stereocenters. The molecule has 2 N–H and O–H groups in total. The number of rotatable bonds is 3. The van der Waals surface area contributed by atoms with Crippen LogP contribution in [0.15, 0.2) is 12.3 Å². The van der Waals surface area contributed by atoms with E-state index in [1.54, 1.807) is 0 Å². The highest BCUT2D eigenvalue weighted by molar-refractivity contribution is 5.48. The topological polar surface area (TPSA) is 42.2 Å².